The van der Waals surface area contributed by atoms with Gasteiger partial charge >= 0.3 is 0 Å². The van der Waals surface area contributed by atoms with Gasteiger partial charge in [-0.2, -0.15) is 5.26 Å². The topological polar surface area (TPSA) is 44.0 Å². The maximum Gasteiger partial charge on any atom is 0.125 e. The summed E-state index contributed by atoms with van der Waals surface area (Å²) in [6.45, 7) is 2.08. The Morgan fingerprint density at radius 3 is 2.87 bits per heavy atom. The first kappa shape index (κ1) is 12.0. The zero-order chi connectivity index (χ0) is 11.3. The van der Waals surface area contributed by atoms with Crippen molar-refractivity contribution in [3.63, 3.8) is 0 Å². The van der Waals surface area contributed by atoms with Gasteiger partial charge in [-0.3, -0.25) is 0 Å². The molecular formula is C11H12FNOS. The van der Waals surface area contributed by atoms with Crippen molar-refractivity contribution in [3.05, 3.63) is 29.6 Å². The second-order valence-corrected chi connectivity index (χ2v) is 4.74. The molecule has 1 atom stereocenters. The van der Waals surface area contributed by atoms with Crippen LogP contribution >= 0.6 is 11.8 Å². The standard InChI is InChI=1S/C11H12FNOS/c1-8(2-3-14)15-11-5-9(7-13)4-10(12)6-11/h4-6,8,14H,2-3H2,1H3. The number of halogens is 1. The first-order valence-electron chi connectivity index (χ1n) is 4.64. The lowest BCUT2D eigenvalue weighted by Gasteiger charge is -2.09. The predicted molar refractivity (Wildman–Crippen MR) is 58.1 cm³/mol. The number of thioether (sulfide) groups is 1. The molecule has 1 unspecified atom stereocenters. The first-order chi connectivity index (χ1) is 7.15. The van der Waals surface area contributed by atoms with E-state index < -0.39 is 5.82 Å². The molecule has 1 aromatic rings. The number of benzene rings is 1. The Kier molecular flexibility index (Phi) is 4.60. The summed E-state index contributed by atoms with van der Waals surface area (Å²) in [7, 11) is 0. The van der Waals surface area contributed by atoms with Crippen molar-refractivity contribution in [2.24, 2.45) is 0 Å². The average molecular weight is 225 g/mol. The Hall–Kier alpha value is -1.05. The lowest BCUT2D eigenvalue weighted by molar-refractivity contribution is 0.289. The molecule has 0 fully saturated rings. The maximum absolute atomic E-state index is 13.0. The molecule has 0 aliphatic carbocycles. The summed E-state index contributed by atoms with van der Waals surface area (Å²) in [4.78, 5) is 0.729. The highest BCUT2D eigenvalue weighted by Gasteiger charge is 2.06. The summed E-state index contributed by atoms with van der Waals surface area (Å²) in [6.07, 6.45) is 0.656. The second-order valence-electron chi connectivity index (χ2n) is 3.23. The zero-order valence-electron chi connectivity index (χ0n) is 8.40. The summed E-state index contributed by atoms with van der Waals surface area (Å²) < 4.78 is 13.0. The summed E-state index contributed by atoms with van der Waals surface area (Å²) in [5.74, 6) is -0.396. The zero-order valence-corrected chi connectivity index (χ0v) is 9.22. The van der Waals surface area contributed by atoms with Gasteiger partial charge < -0.3 is 5.11 Å². The lowest BCUT2D eigenvalue weighted by Crippen LogP contribution is -1.99. The van der Waals surface area contributed by atoms with Gasteiger partial charge in [0.15, 0.2) is 0 Å². The molecule has 1 aromatic carbocycles. The third-order valence-corrected chi connectivity index (χ3v) is 3.02. The van der Waals surface area contributed by atoms with Crippen LogP contribution in [0.15, 0.2) is 23.1 Å². The van der Waals surface area contributed by atoms with Gasteiger partial charge in [0.25, 0.3) is 0 Å². The van der Waals surface area contributed by atoms with E-state index >= 15 is 0 Å². The molecule has 0 spiro atoms. The molecule has 1 rings (SSSR count). The number of hydrogen-bond donors (Lipinski definition) is 1. The predicted octanol–water partition coefficient (Wildman–Crippen LogP) is 2.56. The van der Waals surface area contributed by atoms with Crippen LogP contribution in [0, 0.1) is 17.1 Å². The minimum Gasteiger partial charge on any atom is -0.396 e. The van der Waals surface area contributed by atoms with Crippen LogP contribution in [0.4, 0.5) is 4.39 Å². The monoisotopic (exact) mass is 225 g/mol. The van der Waals surface area contributed by atoms with Crippen LogP contribution in [0.25, 0.3) is 0 Å². The molecule has 0 heterocycles. The molecule has 0 aliphatic rings. The normalized spacial score (nSPS) is 12.1. The molecular weight excluding hydrogens is 213 g/mol. The van der Waals surface area contributed by atoms with E-state index in [1.165, 1.54) is 23.9 Å². The van der Waals surface area contributed by atoms with Crippen molar-refractivity contribution < 1.29 is 9.50 Å². The van der Waals surface area contributed by atoms with E-state index in [1.54, 1.807) is 6.07 Å². The summed E-state index contributed by atoms with van der Waals surface area (Å²) >= 11 is 1.46. The smallest absolute Gasteiger partial charge is 0.125 e. The van der Waals surface area contributed by atoms with Crippen LogP contribution in [-0.4, -0.2) is 17.0 Å². The minimum atomic E-state index is -0.396. The fraction of sp³-hybridized carbons (Fsp3) is 0.364. The van der Waals surface area contributed by atoms with Gasteiger partial charge in [0.1, 0.15) is 5.82 Å². The highest BCUT2D eigenvalue weighted by molar-refractivity contribution is 7.99. The molecule has 2 nitrogen and oxygen atoms in total. The third kappa shape index (κ3) is 3.90. The van der Waals surface area contributed by atoms with Gasteiger partial charge in [0.05, 0.1) is 11.6 Å². The van der Waals surface area contributed by atoms with Crippen LogP contribution in [0.3, 0.4) is 0 Å². The molecule has 0 saturated carbocycles. The summed E-state index contributed by atoms with van der Waals surface area (Å²) in [5.41, 5.74) is 0.327. The number of hydrogen-bond acceptors (Lipinski definition) is 3. The molecule has 15 heavy (non-hydrogen) atoms. The molecule has 1 N–H and O–H groups in total. The van der Waals surface area contributed by atoms with Crippen LogP contribution in [0.5, 0.6) is 0 Å². The molecule has 80 valence electrons. The van der Waals surface area contributed by atoms with E-state index in [0.717, 1.165) is 4.90 Å². The number of rotatable bonds is 4. The van der Waals surface area contributed by atoms with E-state index in [2.05, 4.69) is 0 Å². The SMILES string of the molecule is CC(CCO)Sc1cc(F)cc(C#N)c1. The van der Waals surface area contributed by atoms with E-state index in [4.69, 9.17) is 10.4 Å². The summed E-state index contributed by atoms with van der Waals surface area (Å²) in [6, 6.07) is 6.18. The number of nitriles is 1. The average Bonchev–Trinajstić information content (AvgIpc) is 2.17. The molecule has 4 heteroatoms. The van der Waals surface area contributed by atoms with Crippen molar-refractivity contribution >= 4 is 11.8 Å². The minimum absolute atomic E-state index is 0.120. The molecule has 0 saturated heterocycles. The fourth-order valence-corrected chi connectivity index (χ4v) is 2.23. The molecule has 0 radical (unpaired) electrons. The lowest BCUT2D eigenvalue weighted by atomic mass is 10.2. The van der Waals surface area contributed by atoms with E-state index in [0.29, 0.717) is 12.0 Å². The van der Waals surface area contributed by atoms with Crippen LogP contribution in [-0.2, 0) is 0 Å². The van der Waals surface area contributed by atoms with Crippen molar-refractivity contribution in [1.29, 1.82) is 5.26 Å². The summed E-state index contributed by atoms with van der Waals surface area (Å²) in [5, 5.41) is 17.6. The largest absolute Gasteiger partial charge is 0.396 e. The first-order valence-corrected chi connectivity index (χ1v) is 5.52. The molecule has 0 aromatic heterocycles. The van der Waals surface area contributed by atoms with E-state index in [9.17, 15) is 4.39 Å². The Bertz CT molecular complexity index is 375. The molecule has 0 amide bonds. The third-order valence-electron chi connectivity index (χ3n) is 1.87. The van der Waals surface area contributed by atoms with E-state index in [1.807, 2.05) is 13.0 Å². The van der Waals surface area contributed by atoms with Crippen molar-refractivity contribution in [3.8, 4) is 6.07 Å². The second kappa shape index (κ2) is 5.74. The Morgan fingerprint density at radius 2 is 2.27 bits per heavy atom. The Labute approximate surface area is 92.7 Å². The van der Waals surface area contributed by atoms with Gasteiger partial charge in [0, 0.05) is 16.8 Å². The van der Waals surface area contributed by atoms with Crippen molar-refractivity contribution in [1.82, 2.24) is 0 Å². The van der Waals surface area contributed by atoms with Gasteiger partial charge in [-0.15, -0.1) is 11.8 Å². The van der Waals surface area contributed by atoms with E-state index in [-0.39, 0.29) is 11.9 Å². The highest BCUT2D eigenvalue weighted by atomic mass is 32.2. The fourth-order valence-electron chi connectivity index (χ4n) is 1.17. The quantitative estimate of drug-likeness (QED) is 0.801. The van der Waals surface area contributed by atoms with Gasteiger partial charge in [0.2, 0.25) is 0 Å². The van der Waals surface area contributed by atoms with Crippen LogP contribution < -0.4 is 0 Å². The van der Waals surface area contributed by atoms with Gasteiger partial charge in [-0.1, -0.05) is 6.92 Å². The maximum atomic E-state index is 13.0. The number of aliphatic hydroxyl groups excluding tert-OH is 1. The van der Waals surface area contributed by atoms with Gasteiger partial charge in [-0.25, -0.2) is 4.39 Å². The van der Waals surface area contributed by atoms with Crippen molar-refractivity contribution in [2.45, 2.75) is 23.5 Å². The number of nitrogens with zero attached hydrogens (tertiary/aromatic N) is 1. The van der Waals surface area contributed by atoms with Crippen molar-refractivity contribution in [2.75, 3.05) is 6.61 Å². The number of aliphatic hydroxyl groups is 1. The van der Waals surface area contributed by atoms with Crippen LogP contribution in [0.2, 0.25) is 0 Å². The highest BCUT2D eigenvalue weighted by Crippen LogP contribution is 2.26. The molecule has 0 aliphatic heterocycles. The Morgan fingerprint density at radius 1 is 1.53 bits per heavy atom. The van der Waals surface area contributed by atoms with Crippen LogP contribution in [0.1, 0.15) is 18.9 Å². The van der Waals surface area contributed by atoms with Gasteiger partial charge in [-0.05, 0) is 24.6 Å². The Balaban J connectivity index is 2.77. The molecule has 0 bridgehead atoms.